The lowest BCUT2D eigenvalue weighted by Crippen LogP contribution is -2.10. The van der Waals surface area contributed by atoms with Crippen LogP contribution in [0.5, 0.6) is 0 Å². The summed E-state index contributed by atoms with van der Waals surface area (Å²) in [6, 6.07) is 0. The standard InChI is InChI=1S/C20H40OS/c1-4-5-6-7-8-9-10-11-12-13-14-15-16-17-18-19(2)21-20(3)22/h19H,4-18H2,1-3H3/t19-/m0/s1. The van der Waals surface area contributed by atoms with Crippen molar-refractivity contribution in [3.63, 3.8) is 0 Å². The summed E-state index contributed by atoms with van der Waals surface area (Å²) >= 11 is 4.96. The van der Waals surface area contributed by atoms with Gasteiger partial charge in [-0.2, -0.15) is 0 Å². The van der Waals surface area contributed by atoms with Gasteiger partial charge in [-0.25, -0.2) is 0 Å². The Morgan fingerprint density at radius 3 is 1.45 bits per heavy atom. The summed E-state index contributed by atoms with van der Waals surface area (Å²) < 4.78 is 5.50. The number of unbranched alkanes of at least 4 members (excludes halogenated alkanes) is 13. The van der Waals surface area contributed by atoms with Gasteiger partial charge >= 0.3 is 0 Å². The Bertz CT molecular complexity index is 240. The Morgan fingerprint density at radius 1 is 0.727 bits per heavy atom. The van der Waals surface area contributed by atoms with Crippen LogP contribution in [0.2, 0.25) is 0 Å². The van der Waals surface area contributed by atoms with E-state index in [0.717, 1.165) is 6.42 Å². The topological polar surface area (TPSA) is 9.23 Å². The largest absolute Gasteiger partial charge is 0.485 e. The molecule has 0 aromatic heterocycles. The molecule has 0 aromatic rings. The van der Waals surface area contributed by atoms with Gasteiger partial charge in [0.1, 0.15) is 0 Å². The normalized spacial score (nSPS) is 12.3. The Hall–Kier alpha value is -0.110. The maximum absolute atomic E-state index is 5.50. The Kier molecular flexibility index (Phi) is 17.2. The minimum Gasteiger partial charge on any atom is -0.485 e. The third-order valence-electron chi connectivity index (χ3n) is 4.33. The van der Waals surface area contributed by atoms with Crippen molar-refractivity contribution in [2.45, 2.75) is 123 Å². The highest BCUT2D eigenvalue weighted by atomic mass is 32.1. The maximum Gasteiger partial charge on any atom is 0.156 e. The molecule has 0 unspecified atom stereocenters. The molecule has 0 heterocycles. The number of ether oxygens (including phenoxy) is 1. The van der Waals surface area contributed by atoms with Crippen molar-refractivity contribution < 1.29 is 4.74 Å². The predicted molar refractivity (Wildman–Crippen MR) is 104 cm³/mol. The zero-order valence-corrected chi connectivity index (χ0v) is 16.3. The predicted octanol–water partition coefficient (Wildman–Crippen LogP) is 7.61. The molecule has 2 heteroatoms. The van der Waals surface area contributed by atoms with Gasteiger partial charge < -0.3 is 4.74 Å². The molecule has 0 spiro atoms. The third kappa shape index (κ3) is 17.9. The average molecular weight is 329 g/mol. The monoisotopic (exact) mass is 328 g/mol. The lowest BCUT2D eigenvalue weighted by atomic mass is 10.0. The van der Waals surface area contributed by atoms with Gasteiger partial charge in [0.05, 0.1) is 6.10 Å². The van der Waals surface area contributed by atoms with Crippen LogP contribution >= 0.6 is 12.2 Å². The SMILES string of the molecule is CCCCCCCCCCCCCCCC[C@H](C)OC(C)=S. The molecule has 132 valence electrons. The molecule has 0 aliphatic rings. The van der Waals surface area contributed by atoms with Crippen molar-refractivity contribution in [1.82, 2.24) is 0 Å². The van der Waals surface area contributed by atoms with E-state index in [1.54, 1.807) is 0 Å². The minimum atomic E-state index is 0.301. The van der Waals surface area contributed by atoms with Gasteiger partial charge in [0.2, 0.25) is 0 Å². The van der Waals surface area contributed by atoms with E-state index in [4.69, 9.17) is 17.0 Å². The molecule has 1 atom stereocenters. The average Bonchev–Trinajstić information content (AvgIpc) is 2.47. The second-order valence-electron chi connectivity index (χ2n) is 6.80. The molecule has 0 aliphatic heterocycles. The highest BCUT2D eigenvalue weighted by Gasteiger charge is 2.02. The van der Waals surface area contributed by atoms with Gasteiger partial charge in [0.15, 0.2) is 5.05 Å². The van der Waals surface area contributed by atoms with Gasteiger partial charge in [-0.3, -0.25) is 0 Å². The van der Waals surface area contributed by atoms with Gasteiger partial charge in [0.25, 0.3) is 0 Å². The first kappa shape index (κ1) is 21.9. The molecule has 0 radical (unpaired) electrons. The summed E-state index contributed by atoms with van der Waals surface area (Å²) in [4.78, 5) is 0. The Labute approximate surface area is 145 Å². The van der Waals surface area contributed by atoms with Crippen LogP contribution in [-0.4, -0.2) is 11.2 Å². The summed E-state index contributed by atoms with van der Waals surface area (Å²) in [5.74, 6) is 0. The van der Waals surface area contributed by atoms with Crippen LogP contribution in [0, 0.1) is 0 Å². The van der Waals surface area contributed by atoms with Gasteiger partial charge in [-0.05, 0) is 32.0 Å². The molecule has 1 nitrogen and oxygen atoms in total. The molecule has 0 saturated carbocycles. The molecule has 0 saturated heterocycles. The van der Waals surface area contributed by atoms with E-state index in [1.165, 1.54) is 89.9 Å². The molecule has 0 aromatic carbocycles. The molecule has 0 fully saturated rings. The van der Waals surface area contributed by atoms with Crippen LogP contribution in [0.3, 0.4) is 0 Å². The lowest BCUT2D eigenvalue weighted by Gasteiger charge is -2.12. The third-order valence-corrected chi connectivity index (χ3v) is 4.43. The first-order valence-electron chi connectivity index (χ1n) is 9.84. The maximum atomic E-state index is 5.50. The van der Waals surface area contributed by atoms with E-state index in [1.807, 2.05) is 6.92 Å². The van der Waals surface area contributed by atoms with Crippen LogP contribution in [0.4, 0.5) is 0 Å². The zero-order valence-electron chi connectivity index (χ0n) is 15.5. The second kappa shape index (κ2) is 17.2. The van der Waals surface area contributed by atoms with Crippen LogP contribution in [-0.2, 0) is 4.74 Å². The van der Waals surface area contributed by atoms with E-state index >= 15 is 0 Å². The van der Waals surface area contributed by atoms with Crippen LogP contribution < -0.4 is 0 Å². The van der Waals surface area contributed by atoms with E-state index in [9.17, 15) is 0 Å². The van der Waals surface area contributed by atoms with Crippen molar-refractivity contribution in [2.75, 3.05) is 0 Å². The summed E-state index contributed by atoms with van der Waals surface area (Å²) in [5, 5.41) is 0.679. The van der Waals surface area contributed by atoms with Crippen LogP contribution in [0.15, 0.2) is 0 Å². The summed E-state index contributed by atoms with van der Waals surface area (Å²) in [7, 11) is 0. The highest BCUT2D eigenvalue weighted by molar-refractivity contribution is 7.80. The number of rotatable bonds is 16. The molecular formula is C20H40OS. The van der Waals surface area contributed by atoms with Crippen molar-refractivity contribution >= 4 is 17.3 Å². The Balaban J connectivity index is 3.07. The van der Waals surface area contributed by atoms with Gasteiger partial charge in [-0.1, -0.05) is 90.4 Å². The summed E-state index contributed by atoms with van der Waals surface area (Å²) in [5.41, 5.74) is 0. The number of hydrogen-bond donors (Lipinski definition) is 0. The number of thiocarbonyl (C=S) groups is 1. The van der Waals surface area contributed by atoms with E-state index in [2.05, 4.69) is 13.8 Å². The van der Waals surface area contributed by atoms with E-state index < -0.39 is 0 Å². The minimum absolute atomic E-state index is 0.301. The number of hydrogen-bond acceptors (Lipinski definition) is 2. The van der Waals surface area contributed by atoms with Crippen LogP contribution in [0.25, 0.3) is 0 Å². The molecule has 0 rings (SSSR count). The summed E-state index contributed by atoms with van der Waals surface area (Å²) in [6.45, 7) is 6.27. The van der Waals surface area contributed by atoms with Crippen molar-refractivity contribution in [1.29, 1.82) is 0 Å². The molecule has 0 N–H and O–H groups in total. The smallest absolute Gasteiger partial charge is 0.156 e. The van der Waals surface area contributed by atoms with Gasteiger partial charge in [-0.15, -0.1) is 0 Å². The first-order valence-corrected chi connectivity index (χ1v) is 10.2. The van der Waals surface area contributed by atoms with Crippen molar-refractivity contribution in [3.05, 3.63) is 0 Å². The Morgan fingerprint density at radius 2 is 1.09 bits per heavy atom. The molecular weight excluding hydrogens is 288 g/mol. The first-order chi connectivity index (χ1) is 10.7. The van der Waals surface area contributed by atoms with E-state index in [-0.39, 0.29) is 0 Å². The fourth-order valence-corrected chi connectivity index (χ4v) is 3.13. The van der Waals surface area contributed by atoms with Crippen LogP contribution in [0.1, 0.15) is 117 Å². The summed E-state index contributed by atoms with van der Waals surface area (Å²) in [6.07, 6.45) is 21.3. The highest BCUT2D eigenvalue weighted by Crippen LogP contribution is 2.14. The second-order valence-corrected chi connectivity index (χ2v) is 7.38. The molecule has 22 heavy (non-hydrogen) atoms. The van der Waals surface area contributed by atoms with Gasteiger partial charge in [0, 0.05) is 6.92 Å². The lowest BCUT2D eigenvalue weighted by molar-refractivity contribution is 0.197. The van der Waals surface area contributed by atoms with Crippen molar-refractivity contribution in [2.24, 2.45) is 0 Å². The molecule has 0 aliphatic carbocycles. The molecule has 0 amide bonds. The zero-order chi connectivity index (χ0) is 16.5. The fraction of sp³-hybridized carbons (Fsp3) is 0.950. The van der Waals surface area contributed by atoms with E-state index in [0.29, 0.717) is 11.2 Å². The molecule has 0 bridgehead atoms. The quantitative estimate of drug-likeness (QED) is 0.213. The fourth-order valence-electron chi connectivity index (χ4n) is 2.97. The van der Waals surface area contributed by atoms with Crippen molar-refractivity contribution in [3.8, 4) is 0 Å².